The maximum atomic E-state index is 13.2. The highest BCUT2D eigenvalue weighted by molar-refractivity contribution is 6.18. The number of rotatable bonds is 12. The van der Waals surface area contributed by atoms with Crippen molar-refractivity contribution in [3.63, 3.8) is 0 Å². The lowest BCUT2D eigenvalue weighted by molar-refractivity contribution is -0.121. The molecular weight excluding hydrogens is 427 g/mol. The Bertz CT molecular complexity index is 773. The lowest BCUT2D eigenvalue weighted by atomic mass is 9.85. The van der Waals surface area contributed by atoms with Crippen LogP contribution in [0.1, 0.15) is 36.8 Å². The predicted octanol–water partition coefficient (Wildman–Crippen LogP) is 5.42. The first kappa shape index (κ1) is 24.2. The zero-order valence-corrected chi connectivity index (χ0v) is 19.3. The van der Waals surface area contributed by atoms with Gasteiger partial charge in [-0.25, -0.2) is 0 Å². The number of benzene rings is 2. The molecule has 2 aromatic rings. The highest BCUT2D eigenvalue weighted by Crippen LogP contribution is 2.35. The maximum absolute atomic E-state index is 13.2. The fraction of sp³-hybridized carbons (Fsp3) is 0.435. The minimum atomic E-state index is -0.325. The molecule has 5 nitrogen and oxygen atoms in total. The van der Waals surface area contributed by atoms with Gasteiger partial charge in [-0.15, -0.1) is 23.2 Å². The van der Waals surface area contributed by atoms with Crippen molar-refractivity contribution < 1.29 is 23.7 Å². The zero-order chi connectivity index (χ0) is 22.1. The van der Waals surface area contributed by atoms with Crippen molar-refractivity contribution in [3.8, 4) is 23.0 Å². The van der Waals surface area contributed by atoms with Gasteiger partial charge in [0.05, 0.1) is 26.0 Å². The number of hydrogen-bond donors (Lipinski definition) is 0. The van der Waals surface area contributed by atoms with Crippen molar-refractivity contribution >= 4 is 29.0 Å². The molecule has 0 aliphatic heterocycles. The molecule has 0 N–H and O–H groups in total. The van der Waals surface area contributed by atoms with Gasteiger partial charge >= 0.3 is 0 Å². The van der Waals surface area contributed by atoms with E-state index in [4.69, 9.17) is 42.1 Å². The summed E-state index contributed by atoms with van der Waals surface area (Å²) in [5.74, 6) is 2.57. The zero-order valence-electron chi connectivity index (χ0n) is 17.7. The van der Waals surface area contributed by atoms with Gasteiger partial charge in [0.2, 0.25) is 0 Å². The molecule has 30 heavy (non-hydrogen) atoms. The first-order valence-electron chi connectivity index (χ1n) is 9.73. The van der Waals surface area contributed by atoms with Crippen molar-refractivity contribution in [3.05, 3.63) is 47.5 Å². The summed E-state index contributed by atoms with van der Waals surface area (Å²) in [5, 5.41) is 0. The average Bonchev–Trinajstić information content (AvgIpc) is 2.79. The van der Waals surface area contributed by atoms with Gasteiger partial charge < -0.3 is 18.9 Å². The standard InChI is InChI=1S/C23H28Cl2O5/c1-15(17-5-7-19(29-11-9-24)21(13-17)27-3)23(26)16(2)18-6-8-20(30-12-10-25)22(14-18)28-4/h5-8,13-16H,9-12H2,1-4H3. The second-order valence-electron chi connectivity index (χ2n) is 6.74. The van der Waals surface area contributed by atoms with Gasteiger partial charge in [0.15, 0.2) is 23.0 Å². The highest BCUT2D eigenvalue weighted by Gasteiger charge is 2.25. The Morgan fingerprint density at radius 2 is 1.17 bits per heavy atom. The Labute approximate surface area is 188 Å². The molecule has 0 saturated carbocycles. The number of Topliss-reactive ketones (excluding diaryl/α,β-unsaturated/α-hetero) is 1. The predicted molar refractivity (Wildman–Crippen MR) is 120 cm³/mol. The van der Waals surface area contributed by atoms with E-state index in [2.05, 4.69) is 0 Å². The molecule has 0 aromatic heterocycles. The van der Waals surface area contributed by atoms with Crippen LogP contribution in [0.2, 0.25) is 0 Å². The van der Waals surface area contributed by atoms with Gasteiger partial charge in [-0.3, -0.25) is 4.79 Å². The molecule has 2 aromatic carbocycles. The topological polar surface area (TPSA) is 54.0 Å². The smallest absolute Gasteiger partial charge is 0.161 e. The summed E-state index contributed by atoms with van der Waals surface area (Å²) in [5.41, 5.74) is 1.71. The van der Waals surface area contributed by atoms with E-state index < -0.39 is 0 Å². The summed E-state index contributed by atoms with van der Waals surface area (Å²) in [4.78, 5) is 13.2. The molecule has 2 rings (SSSR count). The van der Waals surface area contributed by atoms with E-state index in [0.717, 1.165) is 11.1 Å². The molecular formula is C23H28Cl2O5. The second-order valence-corrected chi connectivity index (χ2v) is 7.50. The van der Waals surface area contributed by atoms with E-state index >= 15 is 0 Å². The summed E-state index contributed by atoms with van der Waals surface area (Å²) >= 11 is 11.4. The van der Waals surface area contributed by atoms with Gasteiger partial charge in [-0.2, -0.15) is 0 Å². The Hall–Kier alpha value is -2.11. The third kappa shape index (κ3) is 5.96. The van der Waals surface area contributed by atoms with Crippen LogP contribution in [0.5, 0.6) is 23.0 Å². The van der Waals surface area contributed by atoms with E-state index in [9.17, 15) is 4.79 Å². The fourth-order valence-corrected chi connectivity index (χ4v) is 3.30. The van der Waals surface area contributed by atoms with E-state index in [1.165, 1.54) is 0 Å². The van der Waals surface area contributed by atoms with Gasteiger partial charge in [0.25, 0.3) is 0 Å². The number of hydrogen-bond acceptors (Lipinski definition) is 5. The van der Waals surface area contributed by atoms with Gasteiger partial charge in [0.1, 0.15) is 19.0 Å². The fourth-order valence-electron chi connectivity index (χ4n) is 3.15. The summed E-state index contributed by atoms with van der Waals surface area (Å²) in [6.07, 6.45) is 0. The van der Waals surface area contributed by atoms with Crippen LogP contribution in [0.3, 0.4) is 0 Å². The first-order valence-corrected chi connectivity index (χ1v) is 10.8. The number of halogens is 2. The van der Waals surface area contributed by atoms with Crippen molar-refractivity contribution in [2.45, 2.75) is 25.7 Å². The number of carbonyl (C=O) groups excluding carboxylic acids is 1. The first-order chi connectivity index (χ1) is 14.5. The number of alkyl halides is 2. The summed E-state index contributed by atoms with van der Waals surface area (Å²) in [6, 6.07) is 11.0. The number of carbonyl (C=O) groups is 1. The van der Waals surface area contributed by atoms with Gasteiger partial charge in [-0.1, -0.05) is 26.0 Å². The monoisotopic (exact) mass is 454 g/mol. The number of ether oxygens (including phenoxy) is 4. The van der Waals surface area contributed by atoms with Crippen LogP contribution in [0.25, 0.3) is 0 Å². The SMILES string of the molecule is COc1cc(C(C)C(=O)C(C)c2ccc(OCCCl)c(OC)c2)ccc1OCCCl. The van der Waals surface area contributed by atoms with E-state index in [0.29, 0.717) is 48.0 Å². The molecule has 0 radical (unpaired) electrons. The van der Waals surface area contributed by atoms with E-state index in [-0.39, 0.29) is 17.6 Å². The van der Waals surface area contributed by atoms with Crippen molar-refractivity contribution in [1.82, 2.24) is 0 Å². The molecule has 2 unspecified atom stereocenters. The van der Waals surface area contributed by atoms with Crippen LogP contribution in [0, 0.1) is 0 Å². The molecule has 0 aliphatic rings. The molecule has 0 amide bonds. The van der Waals surface area contributed by atoms with Crippen molar-refractivity contribution in [2.24, 2.45) is 0 Å². The van der Waals surface area contributed by atoms with Crippen molar-refractivity contribution in [2.75, 3.05) is 39.2 Å². The second kappa shape index (κ2) is 11.9. The molecule has 0 spiro atoms. The summed E-state index contributed by atoms with van der Waals surface area (Å²) in [7, 11) is 3.14. The third-order valence-electron chi connectivity index (χ3n) is 4.90. The van der Waals surface area contributed by atoms with Crippen LogP contribution < -0.4 is 18.9 Å². The molecule has 2 atom stereocenters. The molecule has 0 heterocycles. The van der Waals surface area contributed by atoms with Crippen LogP contribution in [-0.4, -0.2) is 45.0 Å². The van der Waals surface area contributed by atoms with Gasteiger partial charge in [-0.05, 0) is 35.4 Å². The largest absolute Gasteiger partial charge is 0.493 e. The van der Waals surface area contributed by atoms with Crippen LogP contribution in [0.15, 0.2) is 36.4 Å². The Morgan fingerprint density at radius 1 is 0.767 bits per heavy atom. The van der Waals surface area contributed by atoms with E-state index in [1.807, 2.05) is 38.1 Å². The quantitative estimate of drug-likeness (QED) is 0.401. The van der Waals surface area contributed by atoms with Gasteiger partial charge in [0, 0.05) is 11.8 Å². The Morgan fingerprint density at radius 3 is 1.50 bits per heavy atom. The Balaban J connectivity index is 2.21. The molecule has 0 aliphatic carbocycles. The van der Waals surface area contributed by atoms with Crippen molar-refractivity contribution in [1.29, 1.82) is 0 Å². The third-order valence-corrected chi connectivity index (χ3v) is 5.21. The molecule has 0 fully saturated rings. The molecule has 7 heteroatoms. The summed E-state index contributed by atoms with van der Waals surface area (Å²) in [6.45, 7) is 4.55. The molecule has 0 bridgehead atoms. The average molecular weight is 455 g/mol. The summed E-state index contributed by atoms with van der Waals surface area (Å²) < 4.78 is 22.0. The van der Waals surface area contributed by atoms with E-state index in [1.54, 1.807) is 26.4 Å². The maximum Gasteiger partial charge on any atom is 0.161 e. The minimum absolute atomic E-state index is 0.0861. The lowest BCUT2D eigenvalue weighted by Gasteiger charge is -2.20. The minimum Gasteiger partial charge on any atom is -0.493 e. The number of ketones is 1. The number of methoxy groups -OCH3 is 2. The van der Waals surface area contributed by atoms with Crippen LogP contribution in [-0.2, 0) is 4.79 Å². The highest BCUT2D eigenvalue weighted by atomic mass is 35.5. The van der Waals surface area contributed by atoms with Crippen LogP contribution >= 0.6 is 23.2 Å². The lowest BCUT2D eigenvalue weighted by Crippen LogP contribution is -2.17. The normalized spacial score (nSPS) is 12.7. The molecule has 164 valence electrons. The van der Waals surface area contributed by atoms with Crippen LogP contribution in [0.4, 0.5) is 0 Å². The molecule has 0 saturated heterocycles. The Kier molecular flexibility index (Phi) is 9.60.